The molecule has 0 spiro atoms. The molecule has 2 aromatic rings. The van der Waals surface area contributed by atoms with E-state index in [0.29, 0.717) is 16.0 Å². The van der Waals surface area contributed by atoms with Crippen LogP contribution in [0.1, 0.15) is 10.7 Å². The first-order valence-electron chi connectivity index (χ1n) is 4.18. The van der Waals surface area contributed by atoms with Gasteiger partial charge < -0.3 is 0 Å². The van der Waals surface area contributed by atoms with Crippen LogP contribution in [0.4, 0.5) is 0 Å². The summed E-state index contributed by atoms with van der Waals surface area (Å²) in [6, 6.07) is 3.15. The summed E-state index contributed by atoms with van der Waals surface area (Å²) in [4.78, 5) is 11.4. The Hall–Kier alpha value is -1.27. The Morgan fingerprint density at radius 1 is 1.47 bits per heavy atom. The highest BCUT2D eigenvalue weighted by Gasteiger charge is 2.04. The maximum Gasteiger partial charge on any atom is 0.267 e. The highest BCUT2D eigenvalue weighted by molar-refractivity contribution is 7.15. The molecule has 0 aliphatic rings. The molecule has 0 bridgehead atoms. The summed E-state index contributed by atoms with van der Waals surface area (Å²) in [6.45, 7) is 2.13. The summed E-state index contributed by atoms with van der Waals surface area (Å²) in [5.74, 6) is 0. The van der Waals surface area contributed by atoms with Crippen LogP contribution in [-0.4, -0.2) is 20.0 Å². The summed E-state index contributed by atoms with van der Waals surface area (Å²) >= 11 is 6.88. The number of hydrogen-bond donors (Lipinski definition) is 0. The largest absolute Gasteiger partial charge is 0.268 e. The molecule has 78 valence electrons. The van der Waals surface area contributed by atoms with Crippen molar-refractivity contribution in [1.29, 1.82) is 0 Å². The van der Waals surface area contributed by atoms with Gasteiger partial charge in [0.1, 0.15) is 5.01 Å². The lowest BCUT2D eigenvalue weighted by Gasteiger charge is -2.00. The SMILES string of the molecule is Cc1ccc(=O)n(Cc2nnc(Cl)s2)n1. The molecule has 0 aromatic carbocycles. The lowest BCUT2D eigenvalue weighted by Crippen LogP contribution is -2.22. The molecule has 5 nitrogen and oxygen atoms in total. The third-order valence-corrected chi connectivity index (χ3v) is 2.73. The third-order valence-electron chi connectivity index (χ3n) is 1.73. The fourth-order valence-electron chi connectivity index (χ4n) is 1.09. The molecule has 0 radical (unpaired) electrons. The summed E-state index contributed by atoms with van der Waals surface area (Å²) < 4.78 is 1.71. The molecule has 2 rings (SSSR count). The Kier molecular flexibility index (Phi) is 2.79. The normalized spacial score (nSPS) is 10.5. The van der Waals surface area contributed by atoms with E-state index in [2.05, 4.69) is 15.3 Å². The zero-order valence-electron chi connectivity index (χ0n) is 7.85. The minimum atomic E-state index is -0.160. The number of halogens is 1. The van der Waals surface area contributed by atoms with Gasteiger partial charge in [-0.15, -0.1) is 10.2 Å². The van der Waals surface area contributed by atoms with Gasteiger partial charge in [0, 0.05) is 6.07 Å². The highest BCUT2D eigenvalue weighted by Crippen LogP contribution is 2.14. The van der Waals surface area contributed by atoms with Crippen LogP contribution in [0.15, 0.2) is 16.9 Å². The Morgan fingerprint density at radius 3 is 2.93 bits per heavy atom. The minimum absolute atomic E-state index is 0.160. The van der Waals surface area contributed by atoms with E-state index < -0.39 is 0 Å². The van der Waals surface area contributed by atoms with Crippen LogP contribution >= 0.6 is 22.9 Å². The second kappa shape index (κ2) is 4.08. The first kappa shape index (κ1) is 10.3. The molecule has 0 saturated heterocycles. The number of aryl methyl sites for hydroxylation is 1. The number of nitrogens with zero attached hydrogens (tertiary/aromatic N) is 4. The van der Waals surface area contributed by atoms with Crippen molar-refractivity contribution in [1.82, 2.24) is 20.0 Å². The lowest BCUT2D eigenvalue weighted by atomic mass is 10.4. The zero-order valence-corrected chi connectivity index (χ0v) is 9.42. The van der Waals surface area contributed by atoms with Crippen molar-refractivity contribution in [3.05, 3.63) is 37.7 Å². The minimum Gasteiger partial charge on any atom is -0.268 e. The van der Waals surface area contributed by atoms with Crippen LogP contribution < -0.4 is 5.56 Å². The Bertz CT molecular complexity index is 535. The molecule has 0 saturated carbocycles. The van der Waals surface area contributed by atoms with Gasteiger partial charge in [-0.25, -0.2) is 4.68 Å². The van der Waals surface area contributed by atoms with Crippen molar-refractivity contribution in [2.75, 3.05) is 0 Å². The summed E-state index contributed by atoms with van der Waals surface area (Å²) in [7, 11) is 0. The van der Waals surface area contributed by atoms with Gasteiger partial charge in [0.2, 0.25) is 4.47 Å². The van der Waals surface area contributed by atoms with Crippen molar-refractivity contribution >= 4 is 22.9 Å². The van der Waals surface area contributed by atoms with Gasteiger partial charge >= 0.3 is 0 Å². The van der Waals surface area contributed by atoms with Crippen molar-refractivity contribution in [2.24, 2.45) is 0 Å². The first-order valence-corrected chi connectivity index (χ1v) is 5.37. The predicted molar refractivity (Wildman–Crippen MR) is 57.3 cm³/mol. The van der Waals surface area contributed by atoms with E-state index in [1.54, 1.807) is 6.07 Å². The van der Waals surface area contributed by atoms with Crippen molar-refractivity contribution in [2.45, 2.75) is 13.5 Å². The van der Waals surface area contributed by atoms with Crippen LogP contribution in [0.25, 0.3) is 0 Å². The topological polar surface area (TPSA) is 60.7 Å². The van der Waals surface area contributed by atoms with Gasteiger partial charge in [0.25, 0.3) is 5.56 Å². The molecule has 0 unspecified atom stereocenters. The van der Waals surface area contributed by atoms with Gasteiger partial charge in [0.15, 0.2) is 0 Å². The third kappa shape index (κ3) is 2.40. The van der Waals surface area contributed by atoms with Crippen molar-refractivity contribution in [3.8, 4) is 0 Å². The molecule has 15 heavy (non-hydrogen) atoms. The van der Waals surface area contributed by atoms with Crippen LogP contribution in [0, 0.1) is 6.92 Å². The van der Waals surface area contributed by atoms with E-state index in [-0.39, 0.29) is 5.56 Å². The molecule has 0 aliphatic heterocycles. The number of rotatable bonds is 2. The fourth-order valence-corrected chi connectivity index (χ4v) is 1.94. The number of aromatic nitrogens is 4. The molecular formula is C8H7ClN4OS. The molecule has 0 fully saturated rings. The average Bonchev–Trinajstić information content (AvgIpc) is 2.58. The maximum absolute atomic E-state index is 11.4. The van der Waals surface area contributed by atoms with E-state index in [9.17, 15) is 4.79 Å². The summed E-state index contributed by atoms with van der Waals surface area (Å²) in [5.41, 5.74) is 0.622. The summed E-state index contributed by atoms with van der Waals surface area (Å²) in [6.07, 6.45) is 0. The van der Waals surface area contributed by atoms with Crippen molar-refractivity contribution in [3.63, 3.8) is 0 Å². The molecule has 0 N–H and O–H groups in total. The van der Waals surface area contributed by atoms with Gasteiger partial charge in [-0.1, -0.05) is 11.3 Å². The van der Waals surface area contributed by atoms with Crippen LogP contribution in [0.2, 0.25) is 4.47 Å². The Balaban J connectivity index is 2.31. The quantitative estimate of drug-likeness (QED) is 0.791. The van der Waals surface area contributed by atoms with Crippen LogP contribution in [0.5, 0.6) is 0 Å². The Labute approximate surface area is 94.3 Å². The fraction of sp³-hybridized carbons (Fsp3) is 0.250. The van der Waals surface area contributed by atoms with Crippen LogP contribution in [0.3, 0.4) is 0 Å². The molecule has 2 heterocycles. The molecule has 0 atom stereocenters. The average molecular weight is 243 g/mol. The smallest absolute Gasteiger partial charge is 0.267 e. The standard InChI is InChI=1S/C8H7ClN4OS/c1-5-2-3-7(14)13(12-5)4-6-10-11-8(9)15-6/h2-3H,4H2,1H3. The number of hydrogen-bond acceptors (Lipinski definition) is 5. The van der Waals surface area contributed by atoms with Crippen molar-refractivity contribution < 1.29 is 0 Å². The van der Waals surface area contributed by atoms with E-state index >= 15 is 0 Å². The van der Waals surface area contributed by atoms with E-state index in [1.807, 2.05) is 6.92 Å². The van der Waals surface area contributed by atoms with E-state index in [4.69, 9.17) is 11.6 Å². The summed E-state index contributed by atoms with van der Waals surface area (Å²) in [5, 5.41) is 12.2. The molecule has 2 aromatic heterocycles. The molecule has 7 heteroatoms. The van der Waals surface area contributed by atoms with Gasteiger partial charge in [-0.3, -0.25) is 4.79 Å². The lowest BCUT2D eigenvalue weighted by molar-refractivity contribution is 0.622. The van der Waals surface area contributed by atoms with E-state index in [0.717, 1.165) is 5.69 Å². The van der Waals surface area contributed by atoms with Gasteiger partial charge in [-0.2, -0.15) is 5.10 Å². The van der Waals surface area contributed by atoms with Gasteiger partial charge in [-0.05, 0) is 24.6 Å². The Morgan fingerprint density at radius 2 is 2.27 bits per heavy atom. The zero-order chi connectivity index (χ0) is 10.8. The van der Waals surface area contributed by atoms with E-state index in [1.165, 1.54) is 22.1 Å². The highest BCUT2D eigenvalue weighted by atomic mass is 35.5. The predicted octanol–water partition coefficient (Wildman–Crippen LogP) is 1.10. The van der Waals surface area contributed by atoms with Crippen LogP contribution in [-0.2, 0) is 6.54 Å². The van der Waals surface area contributed by atoms with Gasteiger partial charge in [0.05, 0.1) is 12.2 Å². The molecular weight excluding hydrogens is 236 g/mol. The monoisotopic (exact) mass is 242 g/mol. The second-order valence-corrected chi connectivity index (χ2v) is 4.56. The molecule has 0 aliphatic carbocycles. The first-order chi connectivity index (χ1) is 7.15. The second-order valence-electron chi connectivity index (χ2n) is 2.92. The molecule has 0 amide bonds. The maximum atomic E-state index is 11.4.